The van der Waals surface area contributed by atoms with Gasteiger partial charge in [0.05, 0.1) is 28.4 Å². The summed E-state index contributed by atoms with van der Waals surface area (Å²) in [6, 6.07) is 46.3. The Morgan fingerprint density at radius 1 is 0.372 bits per heavy atom. The summed E-state index contributed by atoms with van der Waals surface area (Å²) in [6.07, 6.45) is 9.12. The molecule has 4 aliphatic carbocycles. The zero-order valence-electron chi connectivity index (χ0n) is 55.4. The molecule has 0 N–H and O–H groups in total. The molecule has 0 spiro atoms. The Morgan fingerprint density at radius 3 is 1.36 bits per heavy atom. The molecule has 7 aromatic carbocycles. The monoisotopic (exact) mass is 1140 g/mol. The van der Waals surface area contributed by atoms with Gasteiger partial charge >= 0.3 is 0 Å². The first-order valence-corrected chi connectivity index (χ1v) is 32.8. The van der Waals surface area contributed by atoms with Crippen molar-refractivity contribution in [2.24, 2.45) is 0 Å². The molecule has 3 aliphatic heterocycles. The highest BCUT2D eigenvalue weighted by molar-refractivity contribution is 7.00. The van der Waals surface area contributed by atoms with E-state index >= 15 is 0 Å². The smallest absolute Gasteiger partial charge is 0.297 e. The third-order valence-electron chi connectivity index (χ3n) is 23.4. The normalized spacial score (nSPS) is 21.3. The maximum absolute atomic E-state index is 7.96. The van der Waals surface area contributed by atoms with Crippen molar-refractivity contribution in [3.63, 3.8) is 0 Å². The van der Waals surface area contributed by atoms with Crippen molar-refractivity contribution in [3.05, 3.63) is 165 Å². The highest BCUT2D eigenvalue weighted by Gasteiger charge is 2.52. The molecule has 8 aromatic rings. The van der Waals surface area contributed by atoms with Crippen LogP contribution in [0, 0.1) is 0 Å². The lowest BCUT2D eigenvalue weighted by Crippen LogP contribution is -2.61. The minimum absolute atomic E-state index is 0.000367. The molecule has 15 rings (SSSR count). The molecule has 5 nitrogen and oxygen atoms in total. The van der Waals surface area contributed by atoms with E-state index in [2.05, 4.69) is 262 Å². The van der Waals surface area contributed by atoms with Gasteiger partial charge in [-0.05, 0) is 240 Å². The Labute approximate surface area is 515 Å². The first kappa shape index (κ1) is 55.9. The molecule has 0 saturated carbocycles. The predicted molar refractivity (Wildman–Crippen MR) is 365 cm³/mol. The number of nitrogens with zero attached hydrogens (tertiary/aromatic N) is 3. The molecular formula is C80H92BN3O2. The molecule has 0 unspecified atom stereocenters. The fraction of sp³-hybridized carbons (Fsp3) is 0.450. The number of fused-ring (bicyclic) bond motifs is 12. The Kier molecular flexibility index (Phi) is 11.4. The number of anilines is 9. The van der Waals surface area contributed by atoms with E-state index in [1.165, 1.54) is 101 Å². The molecular weight excluding hydrogens is 1050 g/mol. The minimum Gasteiger partial charge on any atom is -0.468 e. The van der Waals surface area contributed by atoms with E-state index in [1.54, 1.807) is 0 Å². The van der Waals surface area contributed by atoms with Gasteiger partial charge < -0.3 is 23.9 Å². The number of hydrogen-bond acceptors (Lipinski definition) is 5. The van der Waals surface area contributed by atoms with E-state index < -0.39 is 0 Å². The highest BCUT2D eigenvalue weighted by atomic mass is 16.5. The molecule has 7 aliphatic rings. The van der Waals surface area contributed by atoms with Crippen LogP contribution in [0.4, 0.5) is 51.2 Å². The molecule has 86 heavy (non-hydrogen) atoms. The Morgan fingerprint density at radius 2 is 0.814 bits per heavy atom. The van der Waals surface area contributed by atoms with Crippen LogP contribution in [-0.2, 0) is 48.7 Å². The van der Waals surface area contributed by atoms with E-state index in [0.717, 1.165) is 91.2 Å². The molecule has 442 valence electrons. The highest BCUT2D eigenvalue weighted by Crippen LogP contribution is 2.59. The van der Waals surface area contributed by atoms with E-state index in [1.807, 2.05) is 0 Å². The lowest BCUT2D eigenvalue weighted by molar-refractivity contribution is 0.332. The molecule has 4 heterocycles. The summed E-state index contributed by atoms with van der Waals surface area (Å²) in [4.78, 5) is 7.92. The lowest BCUT2D eigenvalue weighted by Gasteiger charge is -2.48. The zero-order valence-corrected chi connectivity index (χ0v) is 55.4. The summed E-state index contributed by atoms with van der Waals surface area (Å²) in [5.41, 5.74) is 27.8. The molecule has 0 amide bonds. The van der Waals surface area contributed by atoms with Crippen LogP contribution in [0.3, 0.4) is 0 Å². The summed E-state index contributed by atoms with van der Waals surface area (Å²) in [6.45, 7) is 46.3. The third-order valence-corrected chi connectivity index (χ3v) is 23.4. The maximum atomic E-state index is 7.96. The van der Waals surface area contributed by atoms with Gasteiger partial charge in [-0.2, -0.15) is 0 Å². The first-order valence-electron chi connectivity index (χ1n) is 32.8. The average molecular weight is 1140 g/mol. The van der Waals surface area contributed by atoms with Gasteiger partial charge in [-0.15, -0.1) is 0 Å². The molecule has 0 bridgehead atoms. The van der Waals surface area contributed by atoms with Crippen LogP contribution in [-0.4, -0.2) is 6.71 Å². The second kappa shape index (κ2) is 17.6. The summed E-state index contributed by atoms with van der Waals surface area (Å²) in [5.74, 6) is 1.72. The molecule has 6 heteroatoms. The molecule has 0 radical (unpaired) electrons. The van der Waals surface area contributed by atoms with Gasteiger partial charge in [0.2, 0.25) is 0 Å². The summed E-state index contributed by atoms with van der Waals surface area (Å²) >= 11 is 0. The molecule has 0 fully saturated rings. The van der Waals surface area contributed by atoms with Gasteiger partial charge in [0.25, 0.3) is 6.71 Å². The van der Waals surface area contributed by atoms with E-state index in [4.69, 9.17) is 9.15 Å². The molecule has 0 atom stereocenters. The predicted octanol–water partition coefficient (Wildman–Crippen LogP) is 20.8. The Bertz CT molecular complexity index is 4240. The van der Waals surface area contributed by atoms with Gasteiger partial charge in [0.1, 0.15) is 5.58 Å². The topological polar surface area (TPSA) is 32.1 Å². The molecule has 1 aromatic heterocycles. The quantitative estimate of drug-likeness (QED) is 0.165. The van der Waals surface area contributed by atoms with Crippen molar-refractivity contribution in [3.8, 4) is 11.5 Å². The van der Waals surface area contributed by atoms with Crippen molar-refractivity contribution >= 4 is 85.5 Å². The van der Waals surface area contributed by atoms with Crippen molar-refractivity contribution in [1.29, 1.82) is 0 Å². The summed E-state index contributed by atoms with van der Waals surface area (Å²) in [5, 5.41) is 1.19. The van der Waals surface area contributed by atoms with Gasteiger partial charge in [0, 0.05) is 33.8 Å². The van der Waals surface area contributed by atoms with Gasteiger partial charge in [-0.1, -0.05) is 168 Å². The fourth-order valence-electron chi connectivity index (χ4n) is 17.2. The maximum Gasteiger partial charge on any atom is 0.297 e. The first-order chi connectivity index (χ1) is 40.2. The van der Waals surface area contributed by atoms with Gasteiger partial charge in [-0.25, -0.2) is 0 Å². The largest absolute Gasteiger partial charge is 0.468 e. The SMILES string of the molecule is CC(C)(C)c1ccc2c(c1)Oc1ccccc1N2c1cc2c3c(c1)N(c1ccc4c(c1)C(C)(C)CCC4(C)C)c1c(oc4cc5c(cc14)C(C)(C)CCC5(C)C)B3c1cc3c(cc1N2c1ccc2c(c1)C(C)(C)CCC2(C)C)C(C)(C)CCC3(C)C. The van der Waals surface area contributed by atoms with Crippen LogP contribution in [0.5, 0.6) is 11.5 Å². The van der Waals surface area contributed by atoms with Crippen molar-refractivity contribution in [2.45, 2.75) is 232 Å². The van der Waals surface area contributed by atoms with Crippen LogP contribution in [0.15, 0.2) is 120 Å². The van der Waals surface area contributed by atoms with Crippen LogP contribution in [0.1, 0.15) is 233 Å². The number of furan rings is 1. The number of benzene rings is 7. The number of ether oxygens (including phenoxy) is 1. The summed E-state index contributed by atoms with van der Waals surface area (Å²) < 4.78 is 15.0. The average Bonchev–Trinajstić information content (AvgIpc) is 1.24. The van der Waals surface area contributed by atoms with Crippen LogP contribution >= 0.6 is 0 Å². The van der Waals surface area contributed by atoms with Crippen molar-refractivity contribution < 1.29 is 9.15 Å². The number of para-hydroxylation sites is 2. The van der Waals surface area contributed by atoms with Crippen molar-refractivity contribution in [2.75, 3.05) is 14.7 Å². The van der Waals surface area contributed by atoms with E-state index in [-0.39, 0.29) is 55.4 Å². The lowest BCUT2D eigenvalue weighted by atomic mass is 9.35. The number of hydrogen-bond donors (Lipinski definition) is 0. The van der Waals surface area contributed by atoms with E-state index in [9.17, 15) is 0 Å². The summed E-state index contributed by atoms with van der Waals surface area (Å²) in [7, 11) is 0. The minimum atomic E-state index is -0.220. The van der Waals surface area contributed by atoms with Gasteiger partial charge in [0.15, 0.2) is 11.5 Å². The van der Waals surface area contributed by atoms with E-state index in [0.29, 0.717) is 0 Å². The second-order valence-electron chi connectivity index (χ2n) is 34.0. The Balaban J connectivity index is 1.12. The number of rotatable bonds is 3. The third kappa shape index (κ3) is 8.00. The fourth-order valence-corrected chi connectivity index (χ4v) is 17.2. The van der Waals surface area contributed by atoms with Gasteiger partial charge in [-0.3, -0.25) is 0 Å². The Hall–Kier alpha value is -6.66. The van der Waals surface area contributed by atoms with Crippen LogP contribution < -0.4 is 36.0 Å². The van der Waals surface area contributed by atoms with Crippen LogP contribution in [0.25, 0.3) is 11.0 Å². The van der Waals surface area contributed by atoms with Crippen molar-refractivity contribution in [1.82, 2.24) is 0 Å². The standard InChI is InChI=1S/C80H92BN3O2/c1-72(2,3)47-24-29-62-68(38-47)85-66-23-21-20-22-61(66)83(62)50-41-64-69-65(42-50)84(49-26-28-53-55(40-49)76(10,11)33-31-74(53,6)7)70-51-43-56-59(80(18,19)37-34-77(56,12)13)46-67(51)86-71(70)81(69)60-44-57-58(79(16,17)36-35-78(57,14)15)45-63(60)82(64)48-25-27-52-54(39-48)75(8,9)32-30-73(52,4)5/h20-29,38-46H,30-37H2,1-19H3. The molecule has 0 saturated heterocycles. The second-order valence-corrected chi connectivity index (χ2v) is 34.0. The van der Waals surface area contributed by atoms with Crippen LogP contribution in [0.2, 0.25) is 0 Å². The zero-order chi connectivity index (χ0) is 60.7.